The topological polar surface area (TPSA) is 40.7 Å². The zero-order valence-electron chi connectivity index (χ0n) is 12.9. The van der Waals surface area contributed by atoms with Crippen molar-refractivity contribution in [1.82, 2.24) is 15.3 Å². The number of hydrogen-bond donors (Lipinski definition) is 2. The van der Waals surface area contributed by atoms with Crippen molar-refractivity contribution in [2.75, 3.05) is 6.54 Å². The van der Waals surface area contributed by atoms with E-state index in [9.17, 15) is 0 Å². The van der Waals surface area contributed by atoms with Crippen LogP contribution < -0.4 is 5.32 Å². The van der Waals surface area contributed by atoms with E-state index in [4.69, 9.17) is 0 Å². The van der Waals surface area contributed by atoms with Crippen molar-refractivity contribution in [2.24, 2.45) is 0 Å². The molecule has 0 bridgehead atoms. The number of rotatable bonds is 7. The Hall–Kier alpha value is -1.00. The molecule has 2 N–H and O–H groups in total. The fourth-order valence-electron chi connectivity index (χ4n) is 2.37. The van der Waals surface area contributed by atoms with Crippen LogP contribution in [-0.4, -0.2) is 27.8 Å². The summed E-state index contributed by atoms with van der Waals surface area (Å²) in [5, 5.41) is 5.12. The molecule has 4 heteroatoms. The summed E-state index contributed by atoms with van der Waals surface area (Å²) in [6, 6.07) is 6.91. The van der Waals surface area contributed by atoms with Crippen LogP contribution in [0.2, 0.25) is 0 Å². The Morgan fingerprint density at radius 1 is 1.35 bits per heavy atom. The van der Waals surface area contributed by atoms with Crippen molar-refractivity contribution in [3.63, 3.8) is 0 Å². The third-order valence-corrected chi connectivity index (χ3v) is 4.37. The summed E-state index contributed by atoms with van der Waals surface area (Å²) in [4.78, 5) is 8.07. The van der Waals surface area contributed by atoms with Crippen molar-refractivity contribution < 1.29 is 0 Å². The van der Waals surface area contributed by atoms with Gasteiger partial charge in [-0.15, -0.1) is 0 Å². The molecule has 2 aromatic rings. The minimum atomic E-state index is 0.552. The van der Waals surface area contributed by atoms with Crippen molar-refractivity contribution in [3.8, 4) is 0 Å². The van der Waals surface area contributed by atoms with E-state index < -0.39 is 0 Å². The van der Waals surface area contributed by atoms with Crippen LogP contribution in [0.5, 0.6) is 0 Å². The Morgan fingerprint density at radius 3 is 2.90 bits per heavy atom. The first-order valence-electron chi connectivity index (χ1n) is 7.45. The Kier molecular flexibility index (Phi) is 5.49. The van der Waals surface area contributed by atoms with Gasteiger partial charge in [0.25, 0.3) is 0 Å². The highest BCUT2D eigenvalue weighted by atomic mass is 32.2. The monoisotopic (exact) mass is 291 g/mol. The number of aromatic amines is 1. The van der Waals surface area contributed by atoms with Gasteiger partial charge >= 0.3 is 0 Å². The second-order valence-corrected chi connectivity index (χ2v) is 7.01. The summed E-state index contributed by atoms with van der Waals surface area (Å²) in [5.74, 6) is 0. The molecule has 1 aromatic heterocycles. The number of fused-ring (bicyclic) bond motifs is 1. The average molecular weight is 291 g/mol. The molecule has 110 valence electrons. The minimum absolute atomic E-state index is 0.552. The summed E-state index contributed by atoms with van der Waals surface area (Å²) in [5.41, 5.74) is 3.46. The highest BCUT2D eigenvalue weighted by Crippen LogP contribution is 2.26. The molecule has 0 spiro atoms. The van der Waals surface area contributed by atoms with Gasteiger partial charge in [-0.25, -0.2) is 4.98 Å². The van der Waals surface area contributed by atoms with Gasteiger partial charge in [0.15, 0.2) is 5.16 Å². The van der Waals surface area contributed by atoms with Gasteiger partial charge in [0, 0.05) is 11.3 Å². The van der Waals surface area contributed by atoms with Gasteiger partial charge in [0.05, 0.1) is 11.0 Å². The third kappa shape index (κ3) is 4.25. The van der Waals surface area contributed by atoms with Gasteiger partial charge < -0.3 is 10.3 Å². The maximum Gasteiger partial charge on any atom is 0.166 e. The first-order valence-corrected chi connectivity index (χ1v) is 8.33. The minimum Gasteiger partial charge on any atom is -0.333 e. The first kappa shape index (κ1) is 15.4. The molecule has 2 unspecified atom stereocenters. The predicted molar refractivity (Wildman–Crippen MR) is 88.5 cm³/mol. The molecule has 20 heavy (non-hydrogen) atoms. The van der Waals surface area contributed by atoms with Gasteiger partial charge in [-0.1, -0.05) is 31.7 Å². The molecule has 3 nitrogen and oxygen atoms in total. The van der Waals surface area contributed by atoms with E-state index in [2.05, 4.69) is 61.2 Å². The standard InChI is InChI=1S/C16H25N3S/c1-5-8-17-12(3)10-13(4)20-16-18-14-7-6-11(2)9-15(14)19-16/h6-7,9,12-13,17H,5,8,10H2,1-4H3,(H,18,19). The van der Waals surface area contributed by atoms with Crippen LogP contribution in [0.1, 0.15) is 39.2 Å². The lowest BCUT2D eigenvalue weighted by Crippen LogP contribution is -2.29. The van der Waals surface area contributed by atoms with Gasteiger partial charge in [-0.2, -0.15) is 0 Å². The van der Waals surface area contributed by atoms with E-state index in [0.29, 0.717) is 11.3 Å². The molecule has 0 amide bonds. The molecule has 0 fully saturated rings. The van der Waals surface area contributed by atoms with Gasteiger partial charge in [0.1, 0.15) is 0 Å². The van der Waals surface area contributed by atoms with E-state index in [1.165, 1.54) is 12.0 Å². The largest absolute Gasteiger partial charge is 0.333 e. The second kappa shape index (κ2) is 7.14. The lowest BCUT2D eigenvalue weighted by molar-refractivity contribution is 0.513. The van der Waals surface area contributed by atoms with E-state index in [0.717, 1.165) is 29.2 Å². The highest BCUT2D eigenvalue weighted by molar-refractivity contribution is 7.99. The number of nitrogens with zero attached hydrogens (tertiary/aromatic N) is 1. The smallest absolute Gasteiger partial charge is 0.166 e. The van der Waals surface area contributed by atoms with Crippen LogP contribution >= 0.6 is 11.8 Å². The summed E-state index contributed by atoms with van der Waals surface area (Å²) in [6.07, 6.45) is 2.34. The summed E-state index contributed by atoms with van der Waals surface area (Å²) >= 11 is 1.83. The number of aryl methyl sites for hydroxylation is 1. The molecule has 0 aliphatic heterocycles. The first-order chi connectivity index (χ1) is 9.58. The van der Waals surface area contributed by atoms with Crippen LogP contribution in [0.3, 0.4) is 0 Å². The maximum atomic E-state index is 4.65. The molecule has 0 radical (unpaired) electrons. The number of nitrogens with one attached hydrogen (secondary N) is 2. The van der Waals surface area contributed by atoms with Crippen LogP contribution in [0.15, 0.2) is 23.4 Å². The quantitative estimate of drug-likeness (QED) is 0.754. The normalized spacial score (nSPS) is 14.6. The maximum absolute atomic E-state index is 4.65. The lowest BCUT2D eigenvalue weighted by atomic mass is 10.2. The van der Waals surface area contributed by atoms with Crippen LogP contribution in [0, 0.1) is 6.92 Å². The molecule has 0 saturated carbocycles. The van der Waals surface area contributed by atoms with Gasteiger partial charge in [-0.05, 0) is 50.9 Å². The van der Waals surface area contributed by atoms with Crippen LogP contribution in [-0.2, 0) is 0 Å². The average Bonchev–Trinajstić information content (AvgIpc) is 2.77. The number of aromatic nitrogens is 2. The molecule has 2 atom stereocenters. The van der Waals surface area contributed by atoms with Crippen molar-refractivity contribution in [2.45, 2.75) is 57.0 Å². The van der Waals surface area contributed by atoms with Gasteiger partial charge in [0.2, 0.25) is 0 Å². The predicted octanol–water partition coefficient (Wildman–Crippen LogP) is 4.13. The van der Waals surface area contributed by atoms with Crippen LogP contribution in [0.25, 0.3) is 11.0 Å². The summed E-state index contributed by atoms with van der Waals surface area (Å²) in [6.45, 7) is 9.94. The third-order valence-electron chi connectivity index (χ3n) is 3.36. The molecule has 1 heterocycles. The number of hydrogen-bond acceptors (Lipinski definition) is 3. The number of H-pyrrole nitrogens is 1. The fourth-order valence-corrected chi connectivity index (χ4v) is 3.45. The van der Waals surface area contributed by atoms with Crippen molar-refractivity contribution in [3.05, 3.63) is 23.8 Å². The lowest BCUT2D eigenvalue weighted by Gasteiger charge is -2.17. The molecule has 0 aliphatic carbocycles. The second-order valence-electron chi connectivity index (χ2n) is 5.58. The Labute approximate surface area is 125 Å². The molecule has 2 rings (SSSR count). The SMILES string of the molecule is CCCNC(C)CC(C)Sc1nc2ccc(C)cc2[nH]1. The Morgan fingerprint density at radius 2 is 2.15 bits per heavy atom. The Balaban J connectivity index is 1.93. The highest BCUT2D eigenvalue weighted by Gasteiger charge is 2.12. The molecule has 0 aliphatic rings. The Bertz CT molecular complexity index is 550. The number of benzene rings is 1. The van der Waals surface area contributed by atoms with Crippen molar-refractivity contribution >= 4 is 22.8 Å². The zero-order valence-corrected chi connectivity index (χ0v) is 13.7. The van der Waals surface area contributed by atoms with Gasteiger partial charge in [-0.3, -0.25) is 0 Å². The van der Waals surface area contributed by atoms with E-state index in [1.807, 2.05) is 11.8 Å². The molecular formula is C16H25N3S. The van der Waals surface area contributed by atoms with E-state index >= 15 is 0 Å². The summed E-state index contributed by atoms with van der Waals surface area (Å²) < 4.78 is 0. The molecular weight excluding hydrogens is 266 g/mol. The molecule has 1 aromatic carbocycles. The van der Waals surface area contributed by atoms with Crippen LogP contribution in [0.4, 0.5) is 0 Å². The summed E-state index contributed by atoms with van der Waals surface area (Å²) in [7, 11) is 0. The van der Waals surface area contributed by atoms with E-state index in [-0.39, 0.29) is 0 Å². The number of imidazole rings is 1. The van der Waals surface area contributed by atoms with Crippen molar-refractivity contribution in [1.29, 1.82) is 0 Å². The van der Waals surface area contributed by atoms with E-state index in [1.54, 1.807) is 0 Å². The molecule has 0 saturated heterocycles. The zero-order chi connectivity index (χ0) is 14.5. The number of thioether (sulfide) groups is 1. The fraction of sp³-hybridized carbons (Fsp3) is 0.562.